The molecule has 22 heavy (non-hydrogen) atoms. The van der Waals surface area contributed by atoms with Crippen molar-refractivity contribution in [2.24, 2.45) is 0 Å². The van der Waals surface area contributed by atoms with E-state index in [1.807, 2.05) is 0 Å². The topological polar surface area (TPSA) is 127 Å². The summed E-state index contributed by atoms with van der Waals surface area (Å²) in [4.78, 5) is 20.1. The SMILES string of the molecule is O=C(O)CCCCCNS(=O)(=O)c1ccc(Cl)c([N+](=O)[O-])c1. The first-order valence-corrected chi connectivity index (χ1v) is 8.25. The predicted octanol–water partition coefficient (Wildman–Crippen LogP) is 2.17. The fourth-order valence-electron chi connectivity index (χ4n) is 1.67. The van der Waals surface area contributed by atoms with Crippen molar-refractivity contribution < 1.29 is 23.2 Å². The highest BCUT2D eigenvalue weighted by Crippen LogP contribution is 2.26. The Morgan fingerprint density at radius 3 is 2.59 bits per heavy atom. The number of carbonyl (C=O) groups is 1. The van der Waals surface area contributed by atoms with Crippen molar-refractivity contribution in [3.05, 3.63) is 33.3 Å². The van der Waals surface area contributed by atoms with Crippen molar-refractivity contribution >= 4 is 33.3 Å². The normalized spacial score (nSPS) is 11.3. The van der Waals surface area contributed by atoms with E-state index in [9.17, 15) is 23.3 Å². The Kier molecular flexibility index (Phi) is 6.72. The number of nitrogens with zero attached hydrogens (tertiary/aromatic N) is 1. The zero-order chi connectivity index (χ0) is 16.8. The molecule has 1 aromatic carbocycles. The van der Waals surface area contributed by atoms with Gasteiger partial charge in [0.05, 0.1) is 9.82 Å². The van der Waals surface area contributed by atoms with Crippen LogP contribution >= 0.6 is 11.6 Å². The van der Waals surface area contributed by atoms with Crippen molar-refractivity contribution in [1.82, 2.24) is 4.72 Å². The molecule has 0 unspecified atom stereocenters. The Labute approximate surface area is 132 Å². The van der Waals surface area contributed by atoms with Crippen LogP contribution in [0.2, 0.25) is 5.02 Å². The minimum atomic E-state index is -3.87. The van der Waals surface area contributed by atoms with Crippen LogP contribution in [0.1, 0.15) is 25.7 Å². The zero-order valence-corrected chi connectivity index (χ0v) is 13.1. The second-order valence-corrected chi connectivity index (χ2v) is 6.65. The molecule has 8 nitrogen and oxygen atoms in total. The number of carboxylic acid groups (broad SMARTS) is 1. The summed E-state index contributed by atoms with van der Waals surface area (Å²) in [6, 6.07) is 3.23. The average Bonchev–Trinajstić information content (AvgIpc) is 2.42. The second kappa shape index (κ2) is 8.06. The van der Waals surface area contributed by atoms with Crippen LogP contribution in [0.4, 0.5) is 5.69 Å². The van der Waals surface area contributed by atoms with Gasteiger partial charge in [0.15, 0.2) is 0 Å². The number of hydrogen-bond donors (Lipinski definition) is 2. The molecular weight excluding hydrogens is 336 g/mol. The van der Waals surface area contributed by atoms with E-state index in [1.54, 1.807) is 0 Å². The van der Waals surface area contributed by atoms with Crippen LogP contribution in [0, 0.1) is 10.1 Å². The number of nitro groups is 1. The number of nitrogens with one attached hydrogen (secondary N) is 1. The Morgan fingerprint density at radius 2 is 2.00 bits per heavy atom. The lowest BCUT2D eigenvalue weighted by Gasteiger charge is -2.07. The molecule has 0 aliphatic heterocycles. The number of rotatable bonds is 9. The van der Waals surface area contributed by atoms with Crippen LogP contribution in [0.5, 0.6) is 0 Å². The van der Waals surface area contributed by atoms with E-state index in [2.05, 4.69) is 4.72 Å². The van der Waals surface area contributed by atoms with Crippen LogP contribution < -0.4 is 4.72 Å². The molecule has 0 heterocycles. The van der Waals surface area contributed by atoms with Crippen molar-refractivity contribution in [2.45, 2.75) is 30.6 Å². The standard InChI is InChI=1S/C12H15ClN2O6S/c13-10-6-5-9(8-11(10)15(18)19)22(20,21)14-7-3-1-2-4-12(16)17/h5-6,8,14H,1-4,7H2,(H,16,17). The van der Waals surface area contributed by atoms with Gasteiger partial charge >= 0.3 is 5.97 Å². The van der Waals surface area contributed by atoms with Crippen molar-refractivity contribution in [2.75, 3.05) is 6.54 Å². The zero-order valence-electron chi connectivity index (χ0n) is 11.5. The molecule has 0 aliphatic carbocycles. The number of unbranched alkanes of at least 4 members (excludes halogenated alkanes) is 2. The Bertz CT molecular complexity index is 662. The van der Waals surface area contributed by atoms with E-state index in [0.29, 0.717) is 19.3 Å². The summed E-state index contributed by atoms with van der Waals surface area (Å²) >= 11 is 5.62. The monoisotopic (exact) mass is 350 g/mol. The molecule has 1 aromatic rings. The third-order valence-corrected chi connectivity index (χ3v) is 4.56. The largest absolute Gasteiger partial charge is 0.481 e. The summed E-state index contributed by atoms with van der Waals surface area (Å²) in [6.07, 6.45) is 1.54. The summed E-state index contributed by atoms with van der Waals surface area (Å²) in [6.45, 7) is 0.123. The van der Waals surface area contributed by atoms with Gasteiger partial charge < -0.3 is 5.11 Å². The fraction of sp³-hybridized carbons (Fsp3) is 0.417. The summed E-state index contributed by atoms with van der Waals surface area (Å²) < 4.78 is 26.3. The lowest BCUT2D eigenvalue weighted by molar-refractivity contribution is -0.384. The number of sulfonamides is 1. The highest BCUT2D eigenvalue weighted by Gasteiger charge is 2.20. The van der Waals surface area contributed by atoms with Gasteiger partial charge in [0.25, 0.3) is 5.69 Å². The van der Waals surface area contributed by atoms with Crippen molar-refractivity contribution in [3.8, 4) is 0 Å². The maximum Gasteiger partial charge on any atom is 0.303 e. The molecule has 0 saturated carbocycles. The number of benzene rings is 1. The van der Waals surface area contributed by atoms with Crippen molar-refractivity contribution in [3.63, 3.8) is 0 Å². The molecule has 10 heteroatoms. The summed E-state index contributed by atoms with van der Waals surface area (Å²) in [5.74, 6) is -0.894. The Morgan fingerprint density at radius 1 is 1.32 bits per heavy atom. The highest BCUT2D eigenvalue weighted by molar-refractivity contribution is 7.89. The summed E-state index contributed by atoms with van der Waals surface area (Å²) in [5.41, 5.74) is -0.481. The fourth-order valence-corrected chi connectivity index (χ4v) is 2.95. The van der Waals surface area contributed by atoms with E-state index < -0.39 is 26.6 Å². The molecule has 1 rings (SSSR count). The van der Waals surface area contributed by atoms with Crippen LogP contribution in [0.15, 0.2) is 23.1 Å². The van der Waals surface area contributed by atoms with E-state index >= 15 is 0 Å². The van der Waals surface area contributed by atoms with E-state index in [4.69, 9.17) is 16.7 Å². The first-order chi connectivity index (χ1) is 10.2. The second-order valence-electron chi connectivity index (χ2n) is 4.47. The quantitative estimate of drug-likeness (QED) is 0.399. The van der Waals surface area contributed by atoms with Crippen LogP contribution in [0.3, 0.4) is 0 Å². The first kappa shape index (κ1) is 18.3. The molecule has 0 fully saturated rings. The van der Waals surface area contributed by atoms with Crippen molar-refractivity contribution in [1.29, 1.82) is 0 Å². The molecular formula is C12H15ClN2O6S. The van der Waals surface area contributed by atoms with Gasteiger partial charge in [-0.2, -0.15) is 0 Å². The Balaban J connectivity index is 2.61. The number of hydrogen-bond acceptors (Lipinski definition) is 5. The summed E-state index contributed by atoms with van der Waals surface area (Å²) in [5, 5.41) is 19.1. The third kappa shape index (κ3) is 5.58. The number of carboxylic acids is 1. The molecule has 0 spiro atoms. The molecule has 122 valence electrons. The minimum Gasteiger partial charge on any atom is -0.481 e. The molecule has 0 bridgehead atoms. The van der Waals surface area contributed by atoms with Gasteiger partial charge in [0.2, 0.25) is 10.0 Å². The molecule has 2 N–H and O–H groups in total. The molecule has 0 atom stereocenters. The van der Waals surface area contributed by atoms with E-state index in [1.165, 1.54) is 6.07 Å². The summed E-state index contributed by atoms with van der Waals surface area (Å²) in [7, 11) is -3.87. The minimum absolute atomic E-state index is 0.0378. The van der Waals surface area contributed by atoms with Gasteiger partial charge in [-0.25, -0.2) is 13.1 Å². The van der Waals surface area contributed by atoms with Gasteiger partial charge in [-0.1, -0.05) is 18.0 Å². The van der Waals surface area contributed by atoms with E-state index in [-0.39, 0.29) is 22.9 Å². The van der Waals surface area contributed by atoms with Gasteiger partial charge in [0, 0.05) is 19.0 Å². The lowest BCUT2D eigenvalue weighted by Crippen LogP contribution is -2.24. The van der Waals surface area contributed by atoms with Crippen LogP contribution in [-0.2, 0) is 14.8 Å². The number of nitro benzene ring substituents is 1. The lowest BCUT2D eigenvalue weighted by atomic mass is 10.2. The molecule has 0 aromatic heterocycles. The van der Waals surface area contributed by atoms with Crippen LogP contribution in [0.25, 0.3) is 0 Å². The van der Waals surface area contributed by atoms with E-state index in [0.717, 1.165) is 12.1 Å². The van der Waals surface area contributed by atoms with Crippen LogP contribution in [-0.4, -0.2) is 31.0 Å². The maximum atomic E-state index is 12.0. The van der Waals surface area contributed by atoms with Gasteiger partial charge in [-0.15, -0.1) is 0 Å². The molecule has 0 amide bonds. The first-order valence-electron chi connectivity index (χ1n) is 6.39. The number of halogens is 1. The molecule has 0 radical (unpaired) electrons. The number of aliphatic carboxylic acids is 1. The smallest absolute Gasteiger partial charge is 0.303 e. The Hall–Kier alpha value is -1.71. The average molecular weight is 351 g/mol. The highest BCUT2D eigenvalue weighted by atomic mass is 35.5. The van der Waals surface area contributed by atoms with Gasteiger partial charge in [-0.3, -0.25) is 14.9 Å². The van der Waals surface area contributed by atoms with Gasteiger partial charge in [-0.05, 0) is 25.0 Å². The third-order valence-electron chi connectivity index (χ3n) is 2.78. The molecule has 0 aliphatic rings. The maximum absolute atomic E-state index is 12.0. The molecule has 0 saturated heterocycles. The van der Waals surface area contributed by atoms with Gasteiger partial charge in [0.1, 0.15) is 5.02 Å². The predicted molar refractivity (Wildman–Crippen MR) is 79.4 cm³/mol.